The maximum Gasteiger partial charge on any atom is 0.333 e. The highest BCUT2D eigenvalue weighted by Gasteiger charge is 2.53. The van der Waals surface area contributed by atoms with Crippen molar-refractivity contribution >= 4 is 68.1 Å². The van der Waals surface area contributed by atoms with Gasteiger partial charge in [-0.15, -0.1) is 0 Å². The molecule has 3 nitrogen and oxygen atoms in total. The van der Waals surface area contributed by atoms with Crippen LogP contribution < -0.4 is 20.6 Å². The fourth-order valence-corrected chi connectivity index (χ4v) is 10.7. The SMILES string of the molecule is Cc1cc2c3c(c1)N1c4ccccc4C(c4ccccc4)(c4ccccc4)c4cccc(c41)B3N(c1ccc(C(C)(C)C)cc1)c1c-2ccc2oc3ccccc3c12. The predicted octanol–water partition coefficient (Wildman–Crippen LogP) is 12.6. The van der Waals surface area contributed by atoms with Gasteiger partial charge in [-0.25, -0.2) is 0 Å². The fourth-order valence-electron chi connectivity index (χ4n) is 10.7. The van der Waals surface area contributed by atoms with Gasteiger partial charge in [-0.3, -0.25) is 0 Å². The summed E-state index contributed by atoms with van der Waals surface area (Å²) in [5.74, 6) is 0. The first-order chi connectivity index (χ1) is 28.3. The molecule has 0 aliphatic carbocycles. The van der Waals surface area contributed by atoms with Gasteiger partial charge in [0, 0.05) is 33.7 Å². The van der Waals surface area contributed by atoms with Crippen LogP contribution in [0.2, 0.25) is 0 Å². The molecule has 3 aliphatic rings. The van der Waals surface area contributed by atoms with E-state index < -0.39 is 5.41 Å². The van der Waals surface area contributed by atoms with Crippen LogP contribution in [-0.4, -0.2) is 6.85 Å². The molecule has 8 aromatic carbocycles. The quantitative estimate of drug-likeness (QED) is 0.168. The molecule has 0 bridgehead atoms. The molecular weight excluding hydrogens is 703 g/mol. The first kappa shape index (κ1) is 33.4. The van der Waals surface area contributed by atoms with Crippen LogP contribution in [0.1, 0.15) is 54.2 Å². The van der Waals surface area contributed by atoms with Gasteiger partial charge in [0.25, 0.3) is 0 Å². The van der Waals surface area contributed by atoms with Gasteiger partial charge in [0.05, 0.1) is 16.5 Å². The Balaban J connectivity index is 1.25. The molecule has 1 aromatic heterocycles. The summed E-state index contributed by atoms with van der Waals surface area (Å²) >= 11 is 0. The molecule has 58 heavy (non-hydrogen) atoms. The van der Waals surface area contributed by atoms with E-state index in [4.69, 9.17) is 4.42 Å². The smallest absolute Gasteiger partial charge is 0.333 e. The number of hydrogen-bond donors (Lipinski definition) is 0. The minimum atomic E-state index is -0.565. The Morgan fingerprint density at radius 1 is 0.552 bits per heavy atom. The van der Waals surface area contributed by atoms with Gasteiger partial charge in [-0.1, -0.05) is 154 Å². The summed E-state index contributed by atoms with van der Waals surface area (Å²) in [6.45, 7) is 9.00. The monoisotopic (exact) mass is 744 g/mol. The maximum atomic E-state index is 6.65. The van der Waals surface area contributed by atoms with Crippen LogP contribution in [0, 0.1) is 6.92 Å². The minimum Gasteiger partial charge on any atom is -0.456 e. The van der Waals surface area contributed by atoms with Crippen molar-refractivity contribution in [3.05, 3.63) is 209 Å². The number of rotatable bonds is 3. The van der Waals surface area contributed by atoms with Crippen molar-refractivity contribution in [2.45, 2.75) is 38.5 Å². The van der Waals surface area contributed by atoms with Crippen molar-refractivity contribution in [2.24, 2.45) is 0 Å². The van der Waals surface area contributed by atoms with Crippen LogP contribution in [0.3, 0.4) is 0 Å². The molecule has 0 saturated heterocycles. The molecule has 0 spiro atoms. The molecule has 0 radical (unpaired) electrons. The van der Waals surface area contributed by atoms with Crippen LogP contribution in [0.4, 0.5) is 28.4 Å². The Kier molecular flexibility index (Phi) is 6.83. The predicted molar refractivity (Wildman–Crippen MR) is 243 cm³/mol. The highest BCUT2D eigenvalue weighted by molar-refractivity contribution is 6.94. The Labute approximate surface area is 339 Å². The molecule has 0 atom stereocenters. The molecule has 9 aromatic rings. The van der Waals surface area contributed by atoms with Crippen LogP contribution in [0.25, 0.3) is 33.1 Å². The van der Waals surface area contributed by atoms with Gasteiger partial charge in [-0.05, 0) is 105 Å². The summed E-state index contributed by atoms with van der Waals surface area (Å²) in [6, 6.07) is 65.7. The Morgan fingerprint density at radius 3 is 1.97 bits per heavy atom. The minimum absolute atomic E-state index is 0.0269. The molecule has 276 valence electrons. The Bertz CT molecular complexity index is 3080. The zero-order valence-electron chi connectivity index (χ0n) is 33.1. The molecule has 12 rings (SSSR count). The molecule has 0 saturated carbocycles. The number of benzene rings is 8. The van der Waals surface area contributed by atoms with Crippen LogP contribution in [0.15, 0.2) is 180 Å². The summed E-state index contributed by atoms with van der Waals surface area (Å²) in [6.07, 6.45) is 0. The van der Waals surface area contributed by atoms with E-state index in [0.717, 1.165) is 27.6 Å². The number of fused-ring (bicyclic) bond motifs is 10. The van der Waals surface area contributed by atoms with E-state index in [1.54, 1.807) is 0 Å². The summed E-state index contributed by atoms with van der Waals surface area (Å²) < 4.78 is 6.65. The van der Waals surface area contributed by atoms with E-state index in [-0.39, 0.29) is 12.3 Å². The molecule has 3 aliphatic heterocycles. The third-order valence-corrected chi connectivity index (χ3v) is 13.1. The van der Waals surface area contributed by atoms with E-state index >= 15 is 0 Å². The molecule has 0 unspecified atom stereocenters. The third kappa shape index (κ3) is 4.35. The molecule has 4 heterocycles. The number of anilines is 5. The van der Waals surface area contributed by atoms with Crippen molar-refractivity contribution in [2.75, 3.05) is 9.71 Å². The van der Waals surface area contributed by atoms with E-state index in [1.165, 1.54) is 78.2 Å². The maximum absolute atomic E-state index is 6.65. The standard InChI is InChI=1S/C54H41BN2O/c1-34-32-41-39-30-31-48-49(40-20-11-14-25-47(40)58-48)51(39)57(38-28-26-35(27-29-38)53(2,3)4)55-44-23-15-22-43-52(44)56(46(33-34)50(41)55)45-24-13-12-21-42(45)54(43,36-16-7-5-8-17-36)37-18-9-6-10-19-37/h5-33H,1-4H3. The van der Waals surface area contributed by atoms with Crippen LogP contribution in [-0.2, 0) is 10.8 Å². The second-order valence-electron chi connectivity index (χ2n) is 17.3. The lowest BCUT2D eigenvalue weighted by Crippen LogP contribution is -2.62. The number of aryl methyl sites for hydroxylation is 1. The number of hydrogen-bond acceptors (Lipinski definition) is 3. The first-order valence-corrected chi connectivity index (χ1v) is 20.5. The number of para-hydroxylation sites is 3. The average molecular weight is 745 g/mol. The molecule has 4 heteroatoms. The van der Waals surface area contributed by atoms with Crippen molar-refractivity contribution in [1.29, 1.82) is 0 Å². The molecule has 0 N–H and O–H groups in total. The van der Waals surface area contributed by atoms with Gasteiger partial charge in [0.2, 0.25) is 0 Å². The second-order valence-corrected chi connectivity index (χ2v) is 17.3. The van der Waals surface area contributed by atoms with Crippen LogP contribution >= 0.6 is 0 Å². The Morgan fingerprint density at radius 2 is 1.22 bits per heavy atom. The fraction of sp³-hybridized carbons (Fsp3) is 0.111. The zero-order valence-corrected chi connectivity index (χ0v) is 33.1. The van der Waals surface area contributed by atoms with E-state index in [2.05, 4.69) is 213 Å². The number of furan rings is 1. The van der Waals surface area contributed by atoms with Gasteiger partial charge in [0.1, 0.15) is 11.2 Å². The normalized spacial score (nSPS) is 14.6. The van der Waals surface area contributed by atoms with Gasteiger partial charge in [0.15, 0.2) is 0 Å². The molecule has 0 amide bonds. The van der Waals surface area contributed by atoms with Crippen molar-refractivity contribution in [1.82, 2.24) is 0 Å². The lowest BCUT2D eigenvalue weighted by Gasteiger charge is -2.52. The second kappa shape index (κ2) is 11.9. The first-order valence-electron chi connectivity index (χ1n) is 20.5. The van der Waals surface area contributed by atoms with Crippen molar-refractivity contribution in [3.63, 3.8) is 0 Å². The van der Waals surface area contributed by atoms with Crippen molar-refractivity contribution in [3.8, 4) is 11.1 Å². The number of nitrogens with zero attached hydrogens (tertiary/aromatic N) is 2. The van der Waals surface area contributed by atoms with E-state index in [0.29, 0.717) is 0 Å². The lowest BCUT2D eigenvalue weighted by molar-refractivity contribution is 0.590. The Hall–Kier alpha value is -6.78. The van der Waals surface area contributed by atoms with Crippen LogP contribution in [0.5, 0.6) is 0 Å². The summed E-state index contributed by atoms with van der Waals surface area (Å²) in [5, 5.41) is 2.29. The van der Waals surface area contributed by atoms with Gasteiger partial charge >= 0.3 is 6.85 Å². The topological polar surface area (TPSA) is 19.6 Å². The highest BCUT2D eigenvalue weighted by Crippen LogP contribution is 2.59. The van der Waals surface area contributed by atoms with E-state index in [1.807, 2.05) is 0 Å². The van der Waals surface area contributed by atoms with Gasteiger partial charge in [-0.2, -0.15) is 0 Å². The lowest BCUT2D eigenvalue weighted by atomic mass is 9.42. The van der Waals surface area contributed by atoms with E-state index in [9.17, 15) is 0 Å². The summed E-state index contributed by atoms with van der Waals surface area (Å²) in [7, 11) is 0. The molecule has 0 fully saturated rings. The summed E-state index contributed by atoms with van der Waals surface area (Å²) in [4.78, 5) is 5.25. The zero-order chi connectivity index (χ0) is 38.9. The van der Waals surface area contributed by atoms with Crippen molar-refractivity contribution < 1.29 is 4.42 Å². The summed E-state index contributed by atoms with van der Waals surface area (Å²) in [5.41, 5.74) is 20.1. The highest BCUT2D eigenvalue weighted by atomic mass is 16.3. The third-order valence-electron chi connectivity index (χ3n) is 13.1. The largest absolute Gasteiger partial charge is 0.456 e. The average Bonchev–Trinajstić information content (AvgIpc) is 3.64. The molecular formula is C54H41BN2O. The van der Waals surface area contributed by atoms with Gasteiger partial charge < -0.3 is 14.1 Å².